The molecule has 1 saturated heterocycles. The van der Waals surface area contributed by atoms with Crippen molar-refractivity contribution in [1.29, 1.82) is 0 Å². The lowest BCUT2D eigenvalue weighted by molar-refractivity contribution is 0.171. The van der Waals surface area contributed by atoms with Crippen LogP contribution in [0.3, 0.4) is 0 Å². The van der Waals surface area contributed by atoms with Gasteiger partial charge in [-0.3, -0.25) is 0 Å². The quantitative estimate of drug-likeness (QED) is 0.877. The van der Waals surface area contributed by atoms with Gasteiger partial charge < -0.3 is 24.3 Å². The molecule has 1 fully saturated rings. The molecular weight excluding hydrogens is 354 g/mol. The Labute approximate surface area is 166 Å². The summed E-state index contributed by atoms with van der Waals surface area (Å²) in [5, 5.41) is 3.16. The summed E-state index contributed by atoms with van der Waals surface area (Å²) in [5.74, 6) is 1.57. The first-order chi connectivity index (χ1) is 13.5. The van der Waals surface area contributed by atoms with Crippen molar-refractivity contribution < 1.29 is 14.3 Å². The van der Waals surface area contributed by atoms with E-state index in [4.69, 9.17) is 9.47 Å². The Morgan fingerprint density at radius 3 is 2.75 bits per heavy atom. The molecule has 2 aromatic rings. The monoisotopic (exact) mass is 383 g/mol. The Morgan fingerprint density at radius 2 is 2.00 bits per heavy atom. The number of carbonyl (C=O) groups is 1. The molecular formula is C22H29N3O3. The van der Waals surface area contributed by atoms with Gasteiger partial charge in [0.15, 0.2) is 11.5 Å². The molecule has 0 saturated carbocycles. The summed E-state index contributed by atoms with van der Waals surface area (Å²) in [7, 11) is 2.04. The average Bonchev–Trinajstić information content (AvgIpc) is 3.34. The number of hydrogen-bond acceptors (Lipinski definition) is 3. The lowest BCUT2D eigenvalue weighted by atomic mass is 9.84. The minimum Gasteiger partial charge on any atom is -0.486 e. The van der Waals surface area contributed by atoms with Crippen LogP contribution in [0.5, 0.6) is 11.5 Å². The standard InChI is InChI=1S/C22H29N3O3/c1-22(2,16-8-9-19-20(14-16)28-13-12-27-19)15-23-21(26)25-11-5-7-18(25)17-6-4-10-24(17)3/h4,6,8-10,14,18H,5,7,11-13,15H2,1-3H3,(H,23,26). The largest absolute Gasteiger partial charge is 0.486 e. The fourth-order valence-corrected chi connectivity index (χ4v) is 4.10. The van der Waals surface area contributed by atoms with Gasteiger partial charge in [0.2, 0.25) is 0 Å². The molecule has 3 heterocycles. The van der Waals surface area contributed by atoms with E-state index in [9.17, 15) is 4.79 Å². The summed E-state index contributed by atoms with van der Waals surface area (Å²) in [5.41, 5.74) is 2.10. The highest BCUT2D eigenvalue weighted by atomic mass is 16.6. The summed E-state index contributed by atoms with van der Waals surface area (Å²) in [6.45, 7) is 6.79. The van der Waals surface area contributed by atoms with Gasteiger partial charge in [-0.2, -0.15) is 0 Å². The molecule has 150 valence electrons. The molecule has 2 amide bonds. The Morgan fingerprint density at radius 1 is 1.21 bits per heavy atom. The lowest BCUT2D eigenvalue weighted by Gasteiger charge is -2.30. The van der Waals surface area contributed by atoms with E-state index >= 15 is 0 Å². The number of fused-ring (bicyclic) bond motifs is 1. The van der Waals surface area contributed by atoms with Gasteiger partial charge in [0, 0.05) is 37.4 Å². The van der Waals surface area contributed by atoms with Crippen molar-refractivity contribution in [1.82, 2.24) is 14.8 Å². The summed E-state index contributed by atoms with van der Waals surface area (Å²) in [6.07, 6.45) is 4.08. The number of nitrogens with one attached hydrogen (secondary N) is 1. The van der Waals surface area contributed by atoms with Crippen molar-refractivity contribution in [3.05, 3.63) is 47.8 Å². The minimum atomic E-state index is -0.217. The molecule has 2 aliphatic heterocycles. The fourth-order valence-electron chi connectivity index (χ4n) is 4.10. The molecule has 6 nitrogen and oxygen atoms in total. The van der Waals surface area contributed by atoms with E-state index in [-0.39, 0.29) is 17.5 Å². The molecule has 1 N–H and O–H groups in total. The van der Waals surface area contributed by atoms with E-state index in [2.05, 4.69) is 35.9 Å². The van der Waals surface area contributed by atoms with E-state index in [0.717, 1.165) is 36.4 Å². The Hall–Kier alpha value is -2.63. The first-order valence-electron chi connectivity index (χ1n) is 10.0. The molecule has 0 aliphatic carbocycles. The number of urea groups is 1. The minimum absolute atomic E-state index is 0.00863. The van der Waals surface area contributed by atoms with Crippen LogP contribution in [0.15, 0.2) is 36.5 Å². The first kappa shape index (κ1) is 18.7. The van der Waals surface area contributed by atoms with Gasteiger partial charge in [-0.1, -0.05) is 19.9 Å². The number of amides is 2. The summed E-state index contributed by atoms with van der Waals surface area (Å²) in [6, 6.07) is 10.3. The van der Waals surface area contributed by atoms with Crippen LogP contribution in [0.4, 0.5) is 4.79 Å². The van der Waals surface area contributed by atoms with E-state index in [0.29, 0.717) is 19.8 Å². The van der Waals surface area contributed by atoms with Crippen molar-refractivity contribution in [3.8, 4) is 11.5 Å². The molecule has 28 heavy (non-hydrogen) atoms. The van der Waals surface area contributed by atoms with Crippen LogP contribution in [0.25, 0.3) is 0 Å². The van der Waals surface area contributed by atoms with Gasteiger partial charge in [0.05, 0.1) is 6.04 Å². The van der Waals surface area contributed by atoms with Crippen LogP contribution in [0.2, 0.25) is 0 Å². The zero-order chi connectivity index (χ0) is 19.7. The van der Waals surface area contributed by atoms with E-state index in [1.54, 1.807) is 0 Å². The Kier molecular flexibility index (Phi) is 4.96. The maximum atomic E-state index is 12.9. The average molecular weight is 383 g/mol. The fraction of sp³-hybridized carbons (Fsp3) is 0.500. The molecule has 1 aromatic carbocycles. The Bertz CT molecular complexity index is 858. The number of nitrogens with zero attached hydrogens (tertiary/aromatic N) is 2. The van der Waals surface area contributed by atoms with Crippen molar-refractivity contribution in [3.63, 3.8) is 0 Å². The van der Waals surface area contributed by atoms with Crippen molar-refractivity contribution in [2.24, 2.45) is 7.05 Å². The predicted molar refractivity (Wildman–Crippen MR) is 108 cm³/mol. The first-order valence-corrected chi connectivity index (χ1v) is 10.0. The number of aromatic nitrogens is 1. The smallest absolute Gasteiger partial charge is 0.317 e. The second kappa shape index (κ2) is 7.41. The third-order valence-electron chi connectivity index (χ3n) is 5.84. The third kappa shape index (κ3) is 3.55. The number of hydrogen-bond donors (Lipinski definition) is 1. The summed E-state index contributed by atoms with van der Waals surface area (Å²) < 4.78 is 13.4. The highest BCUT2D eigenvalue weighted by Gasteiger charge is 2.32. The number of aryl methyl sites for hydroxylation is 1. The molecule has 0 radical (unpaired) electrons. The number of likely N-dealkylation sites (tertiary alicyclic amines) is 1. The van der Waals surface area contributed by atoms with Crippen LogP contribution >= 0.6 is 0 Å². The van der Waals surface area contributed by atoms with Gasteiger partial charge >= 0.3 is 6.03 Å². The molecule has 0 bridgehead atoms. The maximum absolute atomic E-state index is 12.9. The SMILES string of the molecule is Cn1cccc1C1CCCN1C(=O)NCC(C)(C)c1ccc2c(c1)OCCO2. The summed E-state index contributed by atoms with van der Waals surface area (Å²) >= 11 is 0. The van der Waals surface area contributed by atoms with Gasteiger partial charge in [-0.05, 0) is 42.7 Å². The number of carbonyl (C=O) groups excluding carboxylic acids is 1. The van der Waals surface area contributed by atoms with Crippen LogP contribution in [-0.2, 0) is 12.5 Å². The molecule has 1 atom stereocenters. The topological polar surface area (TPSA) is 55.7 Å². The Balaban J connectivity index is 1.43. The highest BCUT2D eigenvalue weighted by molar-refractivity contribution is 5.75. The van der Waals surface area contributed by atoms with Crippen molar-refractivity contribution in [2.45, 2.75) is 38.1 Å². The predicted octanol–water partition coefficient (Wildman–Crippen LogP) is 3.62. The zero-order valence-electron chi connectivity index (χ0n) is 16.9. The number of ether oxygens (including phenoxy) is 2. The molecule has 1 aromatic heterocycles. The normalized spacial score (nSPS) is 19.0. The molecule has 1 unspecified atom stereocenters. The number of rotatable bonds is 4. The second-order valence-electron chi connectivity index (χ2n) is 8.30. The lowest BCUT2D eigenvalue weighted by Crippen LogP contribution is -2.44. The van der Waals surface area contributed by atoms with Crippen LogP contribution in [0, 0.1) is 0 Å². The number of benzene rings is 1. The molecule has 4 rings (SSSR count). The second-order valence-corrected chi connectivity index (χ2v) is 8.30. The van der Waals surface area contributed by atoms with Gasteiger partial charge in [-0.15, -0.1) is 0 Å². The van der Waals surface area contributed by atoms with Crippen LogP contribution in [0.1, 0.15) is 44.0 Å². The van der Waals surface area contributed by atoms with E-state index in [1.165, 1.54) is 5.69 Å². The molecule has 6 heteroatoms. The van der Waals surface area contributed by atoms with Gasteiger partial charge in [-0.25, -0.2) is 4.79 Å². The third-order valence-corrected chi connectivity index (χ3v) is 5.84. The zero-order valence-corrected chi connectivity index (χ0v) is 16.9. The van der Waals surface area contributed by atoms with Gasteiger partial charge in [0.1, 0.15) is 13.2 Å². The van der Waals surface area contributed by atoms with Crippen molar-refractivity contribution >= 4 is 6.03 Å². The highest BCUT2D eigenvalue weighted by Crippen LogP contribution is 2.35. The summed E-state index contributed by atoms with van der Waals surface area (Å²) in [4.78, 5) is 14.9. The maximum Gasteiger partial charge on any atom is 0.317 e. The molecule has 2 aliphatic rings. The van der Waals surface area contributed by atoms with Crippen molar-refractivity contribution in [2.75, 3.05) is 26.3 Å². The van der Waals surface area contributed by atoms with Crippen LogP contribution < -0.4 is 14.8 Å². The van der Waals surface area contributed by atoms with E-state index in [1.807, 2.05) is 36.3 Å². The van der Waals surface area contributed by atoms with E-state index < -0.39 is 0 Å². The van der Waals surface area contributed by atoms with Gasteiger partial charge in [0.25, 0.3) is 0 Å². The van der Waals surface area contributed by atoms with Crippen LogP contribution in [-0.4, -0.2) is 41.8 Å². The molecule has 0 spiro atoms.